The Bertz CT molecular complexity index is 446. The standard InChI is InChI=1S/C16H26N2O/c1-12(2)17-9-16-14(4)8-15(19-16)11-18-7-5-6-13(3)10-18/h6,8,12,17H,5,7,9-11H2,1-4H3. The van der Waals surface area contributed by atoms with Crippen molar-refractivity contribution in [1.82, 2.24) is 10.2 Å². The second-order valence-electron chi connectivity index (χ2n) is 5.90. The first-order valence-corrected chi connectivity index (χ1v) is 7.24. The van der Waals surface area contributed by atoms with Crippen LogP contribution in [0.2, 0.25) is 0 Å². The Kier molecular flexibility index (Phi) is 4.83. The maximum absolute atomic E-state index is 5.98. The molecular weight excluding hydrogens is 236 g/mol. The number of rotatable bonds is 5. The van der Waals surface area contributed by atoms with Crippen LogP contribution in [0.3, 0.4) is 0 Å². The summed E-state index contributed by atoms with van der Waals surface area (Å²) in [6.07, 6.45) is 3.50. The SMILES string of the molecule is CC1=CCCN(Cc2cc(C)c(CNC(C)C)o2)C1. The maximum Gasteiger partial charge on any atom is 0.120 e. The van der Waals surface area contributed by atoms with Crippen LogP contribution in [0.5, 0.6) is 0 Å². The van der Waals surface area contributed by atoms with Crippen LogP contribution in [0.15, 0.2) is 22.1 Å². The van der Waals surface area contributed by atoms with Crippen molar-refractivity contribution in [1.29, 1.82) is 0 Å². The molecule has 1 aromatic rings. The highest BCUT2D eigenvalue weighted by Gasteiger charge is 2.14. The number of aryl methyl sites for hydroxylation is 1. The van der Waals surface area contributed by atoms with Gasteiger partial charge in [-0.05, 0) is 31.9 Å². The van der Waals surface area contributed by atoms with Gasteiger partial charge in [0, 0.05) is 19.1 Å². The predicted molar refractivity (Wildman–Crippen MR) is 79.1 cm³/mol. The Hall–Kier alpha value is -1.06. The second kappa shape index (κ2) is 6.40. The van der Waals surface area contributed by atoms with E-state index in [9.17, 15) is 0 Å². The lowest BCUT2D eigenvalue weighted by atomic mass is 10.1. The Labute approximate surface area is 116 Å². The van der Waals surface area contributed by atoms with Gasteiger partial charge in [-0.2, -0.15) is 0 Å². The summed E-state index contributed by atoms with van der Waals surface area (Å²) in [6, 6.07) is 2.67. The molecule has 0 amide bonds. The van der Waals surface area contributed by atoms with Crippen LogP contribution in [0.25, 0.3) is 0 Å². The van der Waals surface area contributed by atoms with E-state index in [4.69, 9.17) is 4.42 Å². The highest BCUT2D eigenvalue weighted by Crippen LogP contribution is 2.18. The van der Waals surface area contributed by atoms with Crippen molar-refractivity contribution in [2.75, 3.05) is 13.1 Å². The van der Waals surface area contributed by atoms with E-state index in [-0.39, 0.29) is 0 Å². The van der Waals surface area contributed by atoms with Crippen LogP contribution in [0, 0.1) is 6.92 Å². The van der Waals surface area contributed by atoms with Gasteiger partial charge in [0.05, 0.1) is 13.1 Å². The summed E-state index contributed by atoms with van der Waals surface area (Å²) in [7, 11) is 0. The van der Waals surface area contributed by atoms with Crippen LogP contribution in [-0.2, 0) is 13.1 Å². The number of hydrogen-bond donors (Lipinski definition) is 1. The van der Waals surface area contributed by atoms with Crippen LogP contribution in [-0.4, -0.2) is 24.0 Å². The lowest BCUT2D eigenvalue weighted by molar-refractivity contribution is 0.254. The van der Waals surface area contributed by atoms with E-state index >= 15 is 0 Å². The number of nitrogens with one attached hydrogen (secondary N) is 1. The third kappa shape index (κ3) is 4.22. The summed E-state index contributed by atoms with van der Waals surface area (Å²) in [5.41, 5.74) is 2.73. The van der Waals surface area contributed by atoms with Gasteiger partial charge in [0.1, 0.15) is 11.5 Å². The van der Waals surface area contributed by atoms with Crippen molar-refractivity contribution in [2.45, 2.75) is 53.2 Å². The molecule has 2 rings (SSSR count). The molecule has 0 bridgehead atoms. The van der Waals surface area contributed by atoms with E-state index in [1.807, 2.05) is 0 Å². The van der Waals surface area contributed by atoms with Gasteiger partial charge in [-0.1, -0.05) is 25.5 Å². The molecule has 0 fully saturated rings. The van der Waals surface area contributed by atoms with Gasteiger partial charge in [0.2, 0.25) is 0 Å². The third-order valence-electron chi connectivity index (χ3n) is 3.53. The monoisotopic (exact) mass is 262 g/mol. The molecule has 0 aromatic carbocycles. The zero-order chi connectivity index (χ0) is 13.8. The van der Waals surface area contributed by atoms with Gasteiger partial charge in [-0.15, -0.1) is 0 Å². The molecule has 19 heavy (non-hydrogen) atoms. The Morgan fingerprint density at radius 1 is 1.37 bits per heavy atom. The van der Waals surface area contributed by atoms with Gasteiger partial charge < -0.3 is 9.73 Å². The lowest BCUT2D eigenvalue weighted by Crippen LogP contribution is -2.28. The van der Waals surface area contributed by atoms with Gasteiger partial charge in [-0.3, -0.25) is 4.90 Å². The normalized spacial score (nSPS) is 17.0. The molecule has 0 unspecified atom stereocenters. The molecule has 1 aliphatic rings. The van der Waals surface area contributed by atoms with Crippen LogP contribution < -0.4 is 5.32 Å². The zero-order valence-electron chi connectivity index (χ0n) is 12.6. The van der Waals surface area contributed by atoms with E-state index in [0.717, 1.165) is 44.1 Å². The van der Waals surface area contributed by atoms with E-state index in [2.05, 4.69) is 50.1 Å². The van der Waals surface area contributed by atoms with Gasteiger partial charge in [0.15, 0.2) is 0 Å². The first kappa shape index (κ1) is 14.4. The third-order valence-corrected chi connectivity index (χ3v) is 3.53. The summed E-state index contributed by atoms with van der Waals surface area (Å²) in [4.78, 5) is 2.45. The second-order valence-corrected chi connectivity index (χ2v) is 5.90. The van der Waals surface area contributed by atoms with E-state index in [0.29, 0.717) is 6.04 Å². The van der Waals surface area contributed by atoms with Crippen molar-refractivity contribution >= 4 is 0 Å². The molecule has 0 saturated carbocycles. The number of hydrogen-bond acceptors (Lipinski definition) is 3. The van der Waals surface area contributed by atoms with Crippen molar-refractivity contribution in [3.8, 4) is 0 Å². The molecule has 3 heteroatoms. The molecule has 1 N–H and O–H groups in total. The molecule has 0 atom stereocenters. The summed E-state index contributed by atoms with van der Waals surface area (Å²) < 4.78 is 5.98. The van der Waals surface area contributed by atoms with Crippen LogP contribution in [0.4, 0.5) is 0 Å². The largest absolute Gasteiger partial charge is 0.463 e. The first-order valence-electron chi connectivity index (χ1n) is 7.24. The van der Waals surface area contributed by atoms with Gasteiger partial charge in [-0.25, -0.2) is 0 Å². The smallest absolute Gasteiger partial charge is 0.120 e. The molecule has 1 aromatic heterocycles. The fourth-order valence-corrected chi connectivity index (χ4v) is 2.49. The number of nitrogens with zero attached hydrogens (tertiary/aromatic N) is 1. The lowest BCUT2D eigenvalue weighted by Gasteiger charge is -2.24. The minimum Gasteiger partial charge on any atom is -0.463 e. The predicted octanol–water partition coefficient (Wildman–Crippen LogP) is 3.24. The molecule has 0 radical (unpaired) electrons. The van der Waals surface area contributed by atoms with Crippen LogP contribution in [0.1, 0.15) is 44.3 Å². The Balaban J connectivity index is 1.94. The summed E-state index contributed by atoms with van der Waals surface area (Å²) in [6.45, 7) is 12.6. The van der Waals surface area contributed by atoms with Crippen molar-refractivity contribution in [3.63, 3.8) is 0 Å². The van der Waals surface area contributed by atoms with E-state index in [1.165, 1.54) is 11.1 Å². The molecule has 0 spiro atoms. The van der Waals surface area contributed by atoms with E-state index in [1.54, 1.807) is 0 Å². The molecular formula is C16H26N2O. The quantitative estimate of drug-likeness (QED) is 0.826. The highest BCUT2D eigenvalue weighted by atomic mass is 16.3. The van der Waals surface area contributed by atoms with Gasteiger partial charge in [0.25, 0.3) is 0 Å². The van der Waals surface area contributed by atoms with E-state index < -0.39 is 0 Å². The molecule has 2 heterocycles. The minimum absolute atomic E-state index is 0.489. The molecule has 3 nitrogen and oxygen atoms in total. The van der Waals surface area contributed by atoms with Crippen molar-refractivity contribution < 1.29 is 4.42 Å². The van der Waals surface area contributed by atoms with Gasteiger partial charge >= 0.3 is 0 Å². The summed E-state index contributed by atoms with van der Waals surface area (Å²) in [5.74, 6) is 2.17. The van der Waals surface area contributed by atoms with Crippen molar-refractivity contribution in [2.24, 2.45) is 0 Å². The molecule has 0 aliphatic carbocycles. The fraction of sp³-hybridized carbons (Fsp3) is 0.625. The minimum atomic E-state index is 0.489. The first-order chi connectivity index (χ1) is 9.04. The zero-order valence-corrected chi connectivity index (χ0v) is 12.6. The topological polar surface area (TPSA) is 28.4 Å². The Morgan fingerprint density at radius 3 is 2.84 bits per heavy atom. The average molecular weight is 262 g/mol. The average Bonchev–Trinajstić information content (AvgIpc) is 2.67. The summed E-state index contributed by atoms with van der Waals surface area (Å²) in [5, 5.41) is 3.41. The summed E-state index contributed by atoms with van der Waals surface area (Å²) >= 11 is 0. The molecule has 1 aliphatic heterocycles. The maximum atomic E-state index is 5.98. The molecule has 106 valence electrons. The van der Waals surface area contributed by atoms with Crippen LogP contribution >= 0.6 is 0 Å². The Morgan fingerprint density at radius 2 is 2.16 bits per heavy atom. The number of furan rings is 1. The highest BCUT2D eigenvalue weighted by molar-refractivity contribution is 5.20. The fourth-order valence-electron chi connectivity index (χ4n) is 2.49. The van der Waals surface area contributed by atoms with Crippen molar-refractivity contribution in [3.05, 3.63) is 34.8 Å². The molecule has 0 saturated heterocycles.